The maximum atomic E-state index is 11.4. The molecule has 1 fully saturated rings. The highest BCUT2D eigenvalue weighted by atomic mass is 35.5. The fraction of sp³-hybridized carbons (Fsp3) is 0.429. The summed E-state index contributed by atoms with van der Waals surface area (Å²) in [7, 11) is 1.36. The van der Waals surface area contributed by atoms with Crippen LogP contribution >= 0.6 is 11.6 Å². The average Bonchev–Trinajstić information content (AvgIpc) is 2.36. The van der Waals surface area contributed by atoms with Gasteiger partial charge in [0.05, 0.1) is 18.6 Å². The van der Waals surface area contributed by atoms with Crippen LogP contribution in [0.2, 0.25) is 5.02 Å². The van der Waals surface area contributed by atoms with Crippen molar-refractivity contribution in [2.24, 2.45) is 0 Å². The van der Waals surface area contributed by atoms with Gasteiger partial charge in [0, 0.05) is 0 Å². The molecule has 0 heterocycles. The zero-order chi connectivity index (χ0) is 13.9. The lowest BCUT2D eigenvalue weighted by molar-refractivity contribution is -0.148. The molecular formula is C14H14ClNO3. The van der Waals surface area contributed by atoms with Crippen LogP contribution in [0.5, 0.6) is 5.75 Å². The van der Waals surface area contributed by atoms with Crippen LogP contribution in [0.15, 0.2) is 18.2 Å². The van der Waals surface area contributed by atoms with Crippen LogP contribution in [0.4, 0.5) is 0 Å². The van der Waals surface area contributed by atoms with Crippen LogP contribution in [0, 0.1) is 11.3 Å². The van der Waals surface area contributed by atoms with Crippen LogP contribution in [-0.4, -0.2) is 18.7 Å². The van der Waals surface area contributed by atoms with E-state index >= 15 is 0 Å². The van der Waals surface area contributed by atoms with Gasteiger partial charge in [-0.2, -0.15) is 5.26 Å². The molecule has 19 heavy (non-hydrogen) atoms. The lowest BCUT2D eigenvalue weighted by atomic mass is 9.77. The third-order valence-electron chi connectivity index (χ3n) is 3.37. The van der Waals surface area contributed by atoms with E-state index in [1.165, 1.54) is 7.11 Å². The van der Waals surface area contributed by atoms with Crippen molar-refractivity contribution >= 4 is 17.6 Å². The molecule has 4 nitrogen and oxygen atoms in total. The van der Waals surface area contributed by atoms with Crippen LogP contribution < -0.4 is 4.74 Å². The predicted octanol–water partition coefficient (Wildman–Crippen LogP) is 3.08. The molecule has 1 aliphatic rings. The maximum absolute atomic E-state index is 11.4. The van der Waals surface area contributed by atoms with Gasteiger partial charge in [0.15, 0.2) is 0 Å². The molecule has 100 valence electrons. The van der Waals surface area contributed by atoms with Crippen LogP contribution in [0.25, 0.3) is 0 Å². The second-order valence-corrected chi connectivity index (χ2v) is 5.02. The predicted molar refractivity (Wildman–Crippen MR) is 70.0 cm³/mol. The molecule has 0 unspecified atom stereocenters. The quantitative estimate of drug-likeness (QED) is 0.795. The van der Waals surface area contributed by atoms with Gasteiger partial charge in [0.1, 0.15) is 23.0 Å². The van der Waals surface area contributed by atoms with Crippen LogP contribution in [0.1, 0.15) is 31.2 Å². The number of carbonyl (C=O) groups excluding carboxylic acids is 1. The molecule has 0 aliphatic heterocycles. The number of nitriles is 1. The highest BCUT2D eigenvalue weighted by Crippen LogP contribution is 2.41. The topological polar surface area (TPSA) is 59.3 Å². The van der Waals surface area contributed by atoms with Gasteiger partial charge >= 0.3 is 5.97 Å². The summed E-state index contributed by atoms with van der Waals surface area (Å²) in [5.41, 5.74) is -0.246. The molecular weight excluding hydrogens is 266 g/mol. The molecule has 1 aliphatic carbocycles. The van der Waals surface area contributed by atoms with E-state index in [1.807, 2.05) is 6.07 Å². The van der Waals surface area contributed by atoms with Crippen LogP contribution in [-0.2, 0) is 9.53 Å². The summed E-state index contributed by atoms with van der Waals surface area (Å²) in [4.78, 5) is 11.4. The number of esters is 1. The van der Waals surface area contributed by atoms with Gasteiger partial charge < -0.3 is 9.47 Å². The number of rotatable bonds is 4. The normalized spacial score (nSPS) is 16.1. The lowest BCUT2D eigenvalue weighted by Gasteiger charge is -2.41. The third-order valence-corrected chi connectivity index (χ3v) is 3.69. The Kier molecular flexibility index (Phi) is 3.96. The first kappa shape index (κ1) is 13.7. The van der Waals surface area contributed by atoms with Gasteiger partial charge in [-0.05, 0) is 31.4 Å². The summed E-state index contributed by atoms with van der Waals surface area (Å²) in [6.07, 6.45) is 2.75. The van der Waals surface area contributed by atoms with E-state index in [4.69, 9.17) is 21.6 Å². The standard InChI is InChI=1S/C14H14ClNO3/c1-18-13(17)8-14(6-3-7-14)19-12-5-2-4-11(15)10(12)9-16/h2,4-5H,3,6-8H2,1H3. The Morgan fingerprint density at radius 2 is 2.26 bits per heavy atom. The smallest absolute Gasteiger partial charge is 0.309 e. The van der Waals surface area contributed by atoms with Gasteiger partial charge in [-0.25, -0.2) is 0 Å². The first-order valence-electron chi connectivity index (χ1n) is 6.05. The second-order valence-electron chi connectivity index (χ2n) is 4.62. The zero-order valence-electron chi connectivity index (χ0n) is 10.6. The molecule has 0 aromatic heterocycles. The lowest BCUT2D eigenvalue weighted by Crippen LogP contribution is -2.45. The molecule has 1 aromatic carbocycles. The average molecular weight is 280 g/mol. The first-order chi connectivity index (χ1) is 9.10. The minimum Gasteiger partial charge on any atom is -0.485 e. The minimum absolute atomic E-state index is 0.195. The van der Waals surface area contributed by atoms with Crippen molar-refractivity contribution in [3.63, 3.8) is 0 Å². The number of methoxy groups -OCH3 is 1. The number of nitrogens with zero attached hydrogens (tertiary/aromatic N) is 1. The van der Waals surface area contributed by atoms with Gasteiger partial charge in [-0.15, -0.1) is 0 Å². The Morgan fingerprint density at radius 3 is 2.79 bits per heavy atom. The molecule has 1 aromatic rings. The molecule has 0 amide bonds. The van der Waals surface area contributed by atoms with E-state index in [0.29, 0.717) is 16.3 Å². The fourth-order valence-corrected chi connectivity index (χ4v) is 2.36. The summed E-state index contributed by atoms with van der Waals surface area (Å²) in [5.74, 6) is 0.124. The molecule has 0 atom stereocenters. The van der Waals surface area contributed by atoms with Gasteiger partial charge in [0.25, 0.3) is 0 Å². The molecule has 0 N–H and O–H groups in total. The van der Waals surface area contributed by atoms with Crippen molar-refractivity contribution in [1.82, 2.24) is 0 Å². The van der Waals surface area contributed by atoms with E-state index in [1.54, 1.807) is 18.2 Å². The summed E-state index contributed by atoms with van der Waals surface area (Å²) in [6, 6.07) is 7.09. The Bertz CT molecular complexity index is 532. The SMILES string of the molecule is COC(=O)CC1(Oc2cccc(Cl)c2C#N)CCC1. The molecule has 1 saturated carbocycles. The maximum Gasteiger partial charge on any atom is 0.309 e. The van der Waals surface area contributed by atoms with Crippen molar-refractivity contribution in [2.75, 3.05) is 7.11 Å². The highest BCUT2D eigenvalue weighted by Gasteiger charge is 2.42. The summed E-state index contributed by atoms with van der Waals surface area (Å²) >= 11 is 5.96. The number of ether oxygens (including phenoxy) is 2. The molecule has 0 radical (unpaired) electrons. The highest BCUT2D eigenvalue weighted by molar-refractivity contribution is 6.31. The zero-order valence-corrected chi connectivity index (χ0v) is 11.4. The molecule has 0 saturated heterocycles. The molecule has 0 spiro atoms. The van der Waals surface area contributed by atoms with E-state index in [2.05, 4.69) is 4.74 Å². The van der Waals surface area contributed by atoms with E-state index in [0.717, 1.165) is 19.3 Å². The van der Waals surface area contributed by atoms with Gasteiger partial charge in [0.2, 0.25) is 0 Å². The number of carbonyl (C=O) groups is 1. The monoisotopic (exact) mass is 279 g/mol. The molecule has 2 rings (SSSR count). The number of halogens is 1. The van der Waals surface area contributed by atoms with E-state index in [9.17, 15) is 4.79 Å². The summed E-state index contributed by atoms with van der Waals surface area (Å²) in [5, 5.41) is 9.46. The summed E-state index contributed by atoms with van der Waals surface area (Å²) in [6.45, 7) is 0. The van der Waals surface area contributed by atoms with Crippen LogP contribution in [0.3, 0.4) is 0 Å². The largest absolute Gasteiger partial charge is 0.485 e. The number of hydrogen-bond donors (Lipinski definition) is 0. The van der Waals surface area contributed by atoms with Crippen molar-refractivity contribution in [1.29, 1.82) is 5.26 Å². The first-order valence-corrected chi connectivity index (χ1v) is 6.42. The second kappa shape index (κ2) is 5.50. The van der Waals surface area contributed by atoms with Crippen molar-refractivity contribution in [2.45, 2.75) is 31.3 Å². The van der Waals surface area contributed by atoms with Crippen molar-refractivity contribution < 1.29 is 14.3 Å². The Hall–Kier alpha value is -1.73. The van der Waals surface area contributed by atoms with Gasteiger partial charge in [-0.1, -0.05) is 17.7 Å². The fourth-order valence-electron chi connectivity index (χ4n) is 2.15. The minimum atomic E-state index is -0.552. The number of hydrogen-bond acceptors (Lipinski definition) is 4. The van der Waals surface area contributed by atoms with Crippen molar-refractivity contribution in [3.05, 3.63) is 28.8 Å². The number of benzene rings is 1. The Morgan fingerprint density at radius 1 is 1.53 bits per heavy atom. The third kappa shape index (κ3) is 2.82. The molecule has 5 heteroatoms. The summed E-state index contributed by atoms with van der Waals surface area (Å²) < 4.78 is 10.6. The Balaban J connectivity index is 2.22. The van der Waals surface area contributed by atoms with E-state index in [-0.39, 0.29) is 12.4 Å². The van der Waals surface area contributed by atoms with Crippen molar-refractivity contribution in [3.8, 4) is 11.8 Å². The van der Waals surface area contributed by atoms with Gasteiger partial charge in [-0.3, -0.25) is 4.79 Å². The molecule has 0 bridgehead atoms. The Labute approximate surface area is 116 Å². The van der Waals surface area contributed by atoms with E-state index < -0.39 is 5.60 Å².